The normalized spacial score (nSPS) is 16.4. The van der Waals surface area contributed by atoms with Crippen LogP contribution < -0.4 is 4.90 Å². The zero-order chi connectivity index (χ0) is 13.8. The summed E-state index contributed by atoms with van der Waals surface area (Å²) >= 11 is 6.36. The fraction of sp³-hybridized carbons (Fsp3) is 0.600. The van der Waals surface area contributed by atoms with Crippen molar-refractivity contribution in [1.29, 1.82) is 0 Å². The first-order chi connectivity index (χ1) is 9.17. The molecule has 1 fully saturated rings. The van der Waals surface area contributed by atoms with Gasteiger partial charge >= 0.3 is 0 Å². The van der Waals surface area contributed by atoms with Gasteiger partial charge in [-0.15, -0.1) is 0 Å². The minimum atomic E-state index is 0.0241. The maximum Gasteiger partial charge on any atom is 0.0682 e. The molecule has 1 atom stereocenters. The fourth-order valence-corrected chi connectivity index (χ4v) is 2.76. The lowest BCUT2D eigenvalue weighted by Crippen LogP contribution is -2.37. The Balaban J connectivity index is 2.20. The summed E-state index contributed by atoms with van der Waals surface area (Å²) in [6.45, 7) is 3.81. The Hall–Kier alpha value is -0.770. The molecule has 0 saturated heterocycles. The lowest BCUT2D eigenvalue weighted by Gasteiger charge is -2.32. The van der Waals surface area contributed by atoms with E-state index in [1.54, 1.807) is 7.11 Å². The van der Waals surface area contributed by atoms with Gasteiger partial charge in [0.2, 0.25) is 0 Å². The highest BCUT2D eigenvalue weighted by Gasteiger charge is 2.32. The maximum atomic E-state index is 9.15. The molecular weight excluding hydrogens is 262 g/mol. The summed E-state index contributed by atoms with van der Waals surface area (Å²) in [5.74, 6) is 0.769. The number of nitrogens with zero attached hydrogens (tertiary/aromatic N) is 1. The molecule has 0 aliphatic heterocycles. The zero-order valence-corrected chi connectivity index (χ0v) is 12.4. The Morgan fingerprint density at radius 1 is 1.47 bits per heavy atom. The molecule has 106 valence electrons. The van der Waals surface area contributed by atoms with Crippen LogP contribution in [-0.4, -0.2) is 31.4 Å². The highest BCUT2D eigenvalue weighted by Crippen LogP contribution is 2.38. The number of methoxy groups -OCH3 is 1. The summed E-state index contributed by atoms with van der Waals surface area (Å²) < 4.78 is 5.20. The summed E-state index contributed by atoms with van der Waals surface area (Å²) in [6.07, 6.45) is 2.61. The predicted octanol–water partition coefficient (Wildman–Crippen LogP) is 3.08. The van der Waals surface area contributed by atoms with Crippen LogP contribution in [0.2, 0.25) is 5.02 Å². The molecule has 4 heteroatoms. The second-order valence-electron chi connectivity index (χ2n) is 5.21. The van der Waals surface area contributed by atoms with Crippen molar-refractivity contribution in [3.63, 3.8) is 0 Å². The highest BCUT2D eigenvalue weighted by atomic mass is 35.5. The van der Waals surface area contributed by atoms with Crippen molar-refractivity contribution in [2.75, 3.05) is 25.2 Å². The van der Waals surface area contributed by atoms with E-state index >= 15 is 0 Å². The van der Waals surface area contributed by atoms with E-state index in [1.807, 2.05) is 18.2 Å². The zero-order valence-electron chi connectivity index (χ0n) is 11.6. The van der Waals surface area contributed by atoms with E-state index < -0.39 is 0 Å². The van der Waals surface area contributed by atoms with Crippen molar-refractivity contribution in [2.24, 2.45) is 5.92 Å². The third kappa shape index (κ3) is 3.62. The Morgan fingerprint density at radius 2 is 2.21 bits per heavy atom. The van der Waals surface area contributed by atoms with Gasteiger partial charge in [-0.3, -0.25) is 0 Å². The lowest BCUT2D eigenvalue weighted by molar-refractivity contribution is 0.202. The van der Waals surface area contributed by atoms with Crippen LogP contribution in [0.1, 0.15) is 25.3 Å². The van der Waals surface area contributed by atoms with Crippen LogP contribution in [0.15, 0.2) is 18.2 Å². The van der Waals surface area contributed by atoms with Gasteiger partial charge in [0, 0.05) is 19.7 Å². The van der Waals surface area contributed by atoms with Crippen LogP contribution >= 0.6 is 11.6 Å². The summed E-state index contributed by atoms with van der Waals surface area (Å²) in [5, 5.41) is 9.85. The number of halogens is 1. The standard InChI is InChI=1S/C15H22ClNO2/c1-11(13-4-5-13)17(7-8-19-2)15-6-3-12(10-18)9-14(15)16/h3,6,9,11,13,18H,4-5,7-8,10H2,1-2H3. The van der Waals surface area contributed by atoms with Gasteiger partial charge in [-0.05, 0) is 43.4 Å². The van der Waals surface area contributed by atoms with Gasteiger partial charge in [0.1, 0.15) is 0 Å². The molecule has 3 nitrogen and oxygen atoms in total. The molecular formula is C15H22ClNO2. The van der Waals surface area contributed by atoms with Crippen molar-refractivity contribution in [1.82, 2.24) is 0 Å². The first kappa shape index (κ1) is 14.6. The van der Waals surface area contributed by atoms with E-state index in [4.69, 9.17) is 21.4 Å². The van der Waals surface area contributed by atoms with Gasteiger partial charge in [-0.2, -0.15) is 0 Å². The average molecular weight is 284 g/mol. The third-order valence-corrected chi connectivity index (χ3v) is 4.14. The van der Waals surface area contributed by atoms with Crippen LogP contribution in [0.25, 0.3) is 0 Å². The number of rotatable bonds is 7. The molecule has 0 bridgehead atoms. The Kier molecular flexibility index (Phi) is 5.08. The molecule has 1 unspecified atom stereocenters. The second-order valence-corrected chi connectivity index (χ2v) is 5.62. The van der Waals surface area contributed by atoms with Gasteiger partial charge in [-0.1, -0.05) is 17.7 Å². The Bertz CT molecular complexity index is 421. The van der Waals surface area contributed by atoms with E-state index in [0.29, 0.717) is 17.7 Å². The number of hydrogen-bond acceptors (Lipinski definition) is 3. The molecule has 1 aliphatic rings. The molecule has 0 spiro atoms. The summed E-state index contributed by atoms with van der Waals surface area (Å²) in [7, 11) is 1.72. The second kappa shape index (κ2) is 6.60. The Labute approximate surface area is 120 Å². The van der Waals surface area contributed by atoms with Crippen LogP contribution in [0.3, 0.4) is 0 Å². The summed E-state index contributed by atoms with van der Waals surface area (Å²) in [4.78, 5) is 2.32. The topological polar surface area (TPSA) is 32.7 Å². The summed E-state index contributed by atoms with van der Waals surface area (Å²) in [6, 6.07) is 6.26. The highest BCUT2D eigenvalue weighted by molar-refractivity contribution is 6.33. The molecule has 0 radical (unpaired) electrons. The third-order valence-electron chi connectivity index (χ3n) is 3.84. The predicted molar refractivity (Wildman–Crippen MR) is 78.8 cm³/mol. The maximum absolute atomic E-state index is 9.15. The minimum Gasteiger partial charge on any atom is -0.392 e. The lowest BCUT2D eigenvalue weighted by atomic mass is 10.1. The van der Waals surface area contributed by atoms with E-state index in [9.17, 15) is 0 Å². The van der Waals surface area contributed by atoms with E-state index in [-0.39, 0.29) is 6.61 Å². The molecule has 1 N–H and O–H groups in total. The number of aliphatic hydroxyl groups is 1. The molecule has 0 amide bonds. The number of aliphatic hydroxyl groups excluding tert-OH is 1. The number of hydrogen-bond donors (Lipinski definition) is 1. The van der Waals surface area contributed by atoms with E-state index in [1.165, 1.54) is 12.8 Å². The van der Waals surface area contributed by atoms with Crippen LogP contribution in [0.4, 0.5) is 5.69 Å². The smallest absolute Gasteiger partial charge is 0.0682 e. The van der Waals surface area contributed by atoms with Crippen molar-refractivity contribution in [2.45, 2.75) is 32.4 Å². The van der Waals surface area contributed by atoms with Gasteiger partial charge in [-0.25, -0.2) is 0 Å². The van der Waals surface area contributed by atoms with Gasteiger partial charge < -0.3 is 14.7 Å². The van der Waals surface area contributed by atoms with E-state index in [2.05, 4.69) is 11.8 Å². The first-order valence-corrected chi connectivity index (χ1v) is 7.20. The van der Waals surface area contributed by atoms with Gasteiger partial charge in [0.15, 0.2) is 0 Å². The van der Waals surface area contributed by atoms with Crippen LogP contribution in [0, 0.1) is 5.92 Å². The average Bonchev–Trinajstić information content (AvgIpc) is 3.24. The molecule has 0 heterocycles. The molecule has 1 saturated carbocycles. The minimum absolute atomic E-state index is 0.0241. The van der Waals surface area contributed by atoms with Crippen molar-refractivity contribution in [3.05, 3.63) is 28.8 Å². The van der Waals surface area contributed by atoms with Gasteiger partial charge in [0.25, 0.3) is 0 Å². The van der Waals surface area contributed by atoms with Crippen LogP contribution in [0.5, 0.6) is 0 Å². The SMILES string of the molecule is COCCN(c1ccc(CO)cc1Cl)C(C)C1CC1. The fourth-order valence-electron chi connectivity index (χ4n) is 2.45. The molecule has 1 aromatic rings. The quantitative estimate of drug-likeness (QED) is 0.835. The monoisotopic (exact) mass is 283 g/mol. The largest absolute Gasteiger partial charge is 0.392 e. The van der Waals surface area contributed by atoms with Crippen molar-refractivity contribution < 1.29 is 9.84 Å². The van der Waals surface area contributed by atoms with Crippen molar-refractivity contribution in [3.8, 4) is 0 Å². The van der Waals surface area contributed by atoms with Crippen molar-refractivity contribution >= 4 is 17.3 Å². The Morgan fingerprint density at radius 3 is 2.74 bits per heavy atom. The number of benzene rings is 1. The number of anilines is 1. The number of ether oxygens (including phenoxy) is 1. The van der Waals surface area contributed by atoms with Gasteiger partial charge in [0.05, 0.1) is 23.9 Å². The molecule has 0 aromatic heterocycles. The molecule has 2 rings (SSSR count). The van der Waals surface area contributed by atoms with Crippen LogP contribution in [-0.2, 0) is 11.3 Å². The summed E-state index contributed by atoms with van der Waals surface area (Å²) in [5.41, 5.74) is 1.88. The molecule has 1 aliphatic carbocycles. The van der Waals surface area contributed by atoms with E-state index in [0.717, 1.165) is 23.7 Å². The molecule has 19 heavy (non-hydrogen) atoms. The first-order valence-electron chi connectivity index (χ1n) is 6.82. The molecule has 1 aromatic carbocycles.